The molecule has 0 saturated heterocycles. The average Bonchev–Trinajstić information content (AvgIpc) is 2.25. The van der Waals surface area contributed by atoms with E-state index in [2.05, 4.69) is 18.7 Å². The Morgan fingerprint density at radius 1 is 1.24 bits per heavy atom. The van der Waals surface area contributed by atoms with Crippen molar-refractivity contribution in [3.63, 3.8) is 0 Å². The quantitative estimate of drug-likeness (QED) is 0.678. The lowest BCUT2D eigenvalue weighted by atomic mass is 10.0. The number of nitrogens with two attached hydrogens (primary N) is 1. The van der Waals surface area contributed by atoms with Crippen molar-refractivity contribution in [2.45, 2.75) is 39.7 Å². The number of sulfone groups is 1. The summed E-state index contributed by atoms with van der Waals surface area (Å²) < 4.78 is 22.6. The van der Waals surface area contributed by atoms with E-state index in [-0.39, 0.29) is 11.8 Å². The Morgan fingerprint density at radius 2 is 1.82 bits per heavy atom. The van der Waals surface area contributed by atoms with E-state index in [0.717, 1.165) is 19.5 Å². The lowest BCUT2D eigenvalue weighted by molar-refractivity contribution is 0.303. The first-order chi connectivity index (χ1) is 7.78. The van der Waals surface area contributed by atoms with Crippen molar-refractivity contribution in [1.29, 1.82) is 0 Å². The van der Waals surface area contributed by atoms with Crippen molar-refractivity contribution in [3.8, 4) is 0 Å². The number of nitrogens with zero attached hydrogens (tertiary/aromatic N) is 1. The van der Waals surface area contributed by atoms with Gasteiger partial charge in [-0.3, -0.25) is 0 Å². The van der Waals surface area contributed by atoms with E-state index in [1.165, 1.54) is 0 Å². The van der Waals surface area contributed by atoms with Crippen LogP contribution in [-0.2, 0) is 9.84 Å². The molecule has 1 unspecified atom stereocenters. The third-order valence-electron chi connectivity index (χ3n) is 3.14. The molecule has 0 rings (SSSR count). The molecule has 0 saturated carbocycles. The summed E-state index contributed by atoms with van der Waals surface area (Å²) in [5.41, 5.74) is 5.96. The maximum atomic E-state index is 11.3. The van der Waals surface area contributed by atoms with Crippen LogP contribution >= 0.6 is 0 Å². The molecule has 2 N–H and O–H groups in total. The molecule has 0 bridgehead atoms. The molecule has 0 aliphatic rings. The highest BCUT2D eigenvalue weighted by molar-refractivity contribution is 7.91. The second kappa shape index (κ2) is 8.06. The van der Waals surface area contributed by atoms with Gasteiger partial charge in [0.2, 0.25) is 0 Å². The highest BCUT2D eigenvalue weighted by Gasteiger charge is 2.10. The van der Waals surface area contributed by atoms with Gasteiger partial charge >= 0.3 is 0 Å². The zero-order chi connectivity index (χ0) is 13.5. The van der Waals surface area contributed by atoms with Gasteiger partial charge in [-0.15, -0.1) is 0 Å². The normalized spacial score (nSPS) is 14.5. The molecule has 0 aromatic carbocycles. The van der Waals surface area contributed by atoms with Crippen LogP contribution in [0.15, 0.2) is 0 Å². The number of rotatable bonds is 9. The standard InChI is InChI=1S/C12H28N2O2S/c1-5-17(15,16)10-6-8-14(4)9-7-12(13)11(2)3/h11-12H,5-10,13H2,1-4H3. The third-order valence-corrected chi connectivity index (χ3v) is 4.93. The lowest BCUT2D eigenvalue weighted by Gasteiger charge is -2.21. The van der Waals surface area contributed by atoms with Crippen molar-refractivity contribution >= 4 is 9.84 Å². The predicted octanol–water partition coefficient (Wildman–Crippen LogP) is 1.12. The van der Waals surface area contributed by atoms with Gasteiger partial charge in [-0.05, 0) is 38.9 Å². The van der Waals surface area contributed by atoms with E-state index in [0.29, 0.717) is 18.1 Å². The molecular weight excluding hydrogens is 236 g/mol. The molecule has 0 radical (unpaired) electrons. The molecule has 0 aliphatic carbocycles. The largest absolute Gasteiger partial charge is 0.327 e. The maximum Gasteiger partial charge on any atom is 0.150 e. The Bertz CT molecular complexity index is 289. The highest BCUT2D eigenvalue weighted by atomic mass is 32.2. The summed E-state index contributed by atoms with van der Waals surface area (Å²) in [6.45, 7) is 7.70. The third kappa shape index (κ3) is 8.57. The van der Waals surface area contributed by atoms with Crippen LogP contribution in [0, 0.1) is 5.92 Å². The van der Waals surface area contributed by atoms with Gasteiger partial charge in [0, 0.05) is 11.8 Å². The topological polar surface area (TPSA) is 63.4 Å². The second-order valence-corrected chi connectivity index (χ2v) is 7.56. The first-order valence-electron chi connectivity index (χ1n) is 6.43. The Morgan fingerprint density at radius 3 is 2.29 bits per heavy atom. The van der Waals surface area contributed by atoms with E-state index in [9.17, 15) is 8.42 Å². The highest BCUT2D eigenvalue weighted by Crippen LogP contribution is 2.04. The monoisotopic (exact) mass is 264 g/mol. The minimum atomic E-state index is -2.81. The van der Waals surface area contributed by atoms with Crippen LogP contribution < -0.4 is 5.73 Å². The van der Waals surface area contributed by atoms with Crippen LogP contribution in [0.2, 0.25) is 0 Å². The number of hydrogen-bond donors (Lipinski definition) is 1. The molecule has 104 valence electrons. The van der Waals surface area contributed by atoms with Crippen molar-refractivity contribution in [2.24, 2.45) is 11.7 Å². The van der Waals surface area contributed by atoms with Crippen LogP contribution in [0.25, 0.3) is 0 Å². The van der Waals surface area contributed by atoms with Gasteiger partial charge in [0.15, 0.2) is 0 Å². The van der Waals surface area contributed by atoms with Gasteiger partial charge < -0.3 is 10.6 Å². The molecule has 0 aliphatic heterocycles. The molecule has 1 atom stereocenters. The van der Waals surface area contributed by atoms with Gasteiger partial charge in [0.05, 0.1) is 5.75 Å². The molecule has 0 spiro atoms. The first kappa shape index (κ1) is 16.9. The average molecular weight is 264 g/mol. The zero-order valence-corrected chi connectivity index (χ0v) is 12.5. The van der Waals surface area contributed by atoms with E-state index in [1.807, 2.05) is 7.05 Å². The summed E-state index contributed by atoms with van der Waals surface area (Å²) in [6.07, 6.45) is 1.68. The zero-order valence-electron chi connectivity index (χ0n) is 11.6. The molecule has 5 heteroatoms. The van der Waals surface area contributed by atoms with Gasteiger partial charge in [0.1, 0.15) is 9.84 Å². The maximum absolute atomic E-state index is 11.3. The van der Waals surface area contributed by atoms with E-state index in [4.69, 9.17) is 5.73 Å². The molecular formula is C12H28N2O2S. The van der Waals surface area contributed by atoms with Crippen LogP contribution in [0.4, 0.5) is 0 Å². The van der Waals surface area contributed by atoms with Crippen LogP contribution in [0.5, 0.6) is 0 Å². The van der Waals surface area contributed by atoms with Crippen LogP contribution in [0.3, 0.4) is 0 Å². The summed E-state index contributed by atoms with van der Waals surface area (Å²) in [6, 6.07) is 0.233. The molecule has 0 amide bonds. The smallest absolute Gasteiger partial charge is 0.150 e. The van der Waals surface area contributed by atoms with Crippen LogP contribution in [0.1, 0.15) is 33.6 Å². The van der Waals surface area contributed by atoms with E-state index >= 15 is 0 Å². The van der Waals surface area contributed by atoms with Crippen molar-refractivity contribution in [3.05, 3.63) is 0 Å². The van der Waals surface area contributed by atoms with Crippen molar-refractivity contribution in [2.75, 3.05) is 31.6 Å². The second-order valence-electron chi connectivity index (χ2n) is 5.09. The Kier molecular flexibility index (Phi) is 8.00. The summed E-state index contributed by atoms with van der Waals surface area (Å²) in [5, 5.41) is 0. The summed E-state index contributed by atoms with van der Waals surface area (Å²) in [7, 11) is -0.792. The molecule has 0 aromatic rings. The predicted molar refractivity (Wildman–Crippen MR) is 73.9 cm³/mol. The molecule has 17 heavy (non-hydrogen) atoms. The van der Waals surface area contributed by atoms with Gasteiger partial charge in [0.25, 0.3) is 0 Å². The lowest BCUT2D eigenvalue weighted by Crippen LogP contribution is -2.32. The van der Waals surface area contributed by atoms with Gasteiger partial charge in [-0.2, -0.15) is 0 Å². The van der Waals surface area contributed by atoms with Crippen molar-refractivity contribution in [1.82, 2.24) is 4.90 Å². The Balaban J connectivity index is 3.71. The van der Waals surface area contributed by atoms with E-state index in [1.54, 1.807) is 6.92 Å². The molecule has 0 fully saturated rings. The fourth-order valence-corrected chi connectivity index (χ4v) is 2.37. The van der Waals surface area contributed by atoms with E-state index < -0.39 is 9.84 Å². The first-order valence-corrected chi connectivity index (χ1v) is 8.25. The minimum Gasteiger partial charge on any atom is -0.327 e. The summed E-state index contributed by atoms with van der Waals surface area (Å²) in [5.74, 6) is 1.04. The minimum absolute atomic E-state index is 0.233. The van der Waals surface area contributed by atoms with Crippen LogP contribution in [-0.4, -0.2) is 51.0 Å². The molecule has 4 nitrogen and oxygen atoms in total. The summed E-state index contributed by atoms with van der Waals surface area (Å²) >= 11 is 0. The fourth-order valence-electron chi connectivity index (χ4n) is 1.51. The fraction of sp³-hybridized carbons (Fsp3) is 1.00. The summed E-state index contributed by atoms with van der Waals surface area (Å²) in [4.78, 5) is 2.16. The molecule has 0 heterocycles. The number of hydrogen-bond acceptors (Lipinski definition) is 4. The Hall–Kier alpha value is -0.130. The van der Waals surface area contributed by atoms with Gasteiger partial charge in [-0.25, -0.2) is 8.42 Å². The molecule has 0 aromatic heterocycles. The van der Waals surface area contributed by atoms with Crippen molar-refractivity contribution < 1.29 is 8.42 Å². The SMILES string of the molecule is CCS(=O)(=O)CCCN(C)CCC(N)C(C)C. The van der Waals surface area contributed by atoms with Gasteiger partial charge in [-0.1, -0.05) is 20.8 Å². The Labute approximate surface area is 106 Å².